The molecule has 3 aromatic rings. The number of benzene rings is 2. The average Bonchev–Trinajstić information content (AvgIpc) is 3.11. The van der Waals surface area contributed by atoms with E-state index in [2.05, 4.69) is 69.3 Å². The molecule has 134 valence electrons. The number of hydrogen-bond acceptors (Lipinski definition) is 4. The number of anilines is 1. The van der Waals surface area contributed by atoms with Gasteiger partial charge in [-0.1, -0.05) is 42.5 Å². The lowest BCUT2D eigenvalue weighted by Crippen LogP contribution is -2.11. The van der Waals surface area contributed by atoms with Crippen LogP contribution in [-0.4, -0.2) is 16.6 Å². The molecule has 1 N–H and O–H groups in total. The molecular formula is C20H19IN2OS2. The molecule has 1 amide bonds. The molecule has 2 aromatic carbocycles. The van der Waals surface area contributed by atoms with Crippen LogP contribution >= 0.6 is 45.7 Å². The van der Waals surface area contributed by atoms with Crippen LogP contribution in [0.1, 0.15) is 18.4 Å². The van der Waals surface area contributed by atoms with Gasteiger partial charge in [0, 0.05) is 26.7 Å². The van der Waals surface area contributed by atoms with Crippen molar-refractivity contribution >= 4 is 56.7 Å². The van der Waals surface area contributed by atoms with E-state index in [1.807, 2.05) is 35.3 Å². The van der Waals surface area contributed by atoms with E-state index in [-0.39, 0.29) is 5.91 Å². The fourth-order valence-corrected chi connectivity index (χ4v) is 4.38. The van der Waals surface area contributed by atoms with Crippen LogP contribution in [0.3, 0.4) is 0 Å². The van der Waals surface area contributed by atoms with Crippen LogP contribution in [-0.2, 0) is 10.5 Å². The number of rotatable bonds is 8. The van der Waals surface area contributed by atoms with Crippen molar-refractivity contribution in [3.05, 3.63) is 69.1 Å². The first-order chi connectivity index (χ1) is 12.7. The predicted molar refractivity (Wildman–Crippen MR) is 121 cm³/mol. The van der Waals surface area contributed by atoms with Crippen LogP contribution in [0.2, 0.25) is 0 Å². The molecule has 0 atom stereocenters. The molecule has 0 aliphatic rings. The lowest BCUT2D eigenvalue weighted by molar-refractivity contribution is -0.116. The van der Waals surface area contributed by atoms with Crippen LogP contribution in [0.4, 0.5) is 5.13 Å². The number of carbonyl (C=O) groups excluding carboxylic acids is 1. The average molecular weight is 494 g/mol. The Morgan fingerprint density at radius 1 is 1.12 bits per heavy atom. The van der Waals surface area contributed by atoms with Gasteiger partial charge in [-0.15, -0.1) is 11.3 Å². The summed E-state index contributed by atoms with van der Waals surface area (Å²) in [6, 6.07) is 18.6. The molecule has 0 saturated heterocycles. The Balaban J connectivity index is 1.39. The molecule has 0 saturated carbocycles. The number of halogens is 1. The summed E-state index contributed by atoms with van der Waals surface area (Å²) in [6.45, 7) is 0. The Kier molecular flexibility index (Phi) is 7.52. The Labute approximate surface area is 175 Å². The summed E-state index contributed by atoms with van der Waals surface area (Å²) in [6.07, 6.45) is 1.40. The third-order valence-electron chi connectivity index (χ3n) is 3.69. The summed E-state index contributed by atoms with van der Waals surface area (Å²) in [5, 5.41) is 5.56. The van der Waals surface area contributed by atoms with Crippen LogP contribution in [0.25, 0.3) is 11.3 Å². The van der Waals surface area contributed by atoms with Crippen molar-refractivity contribution in [2.24, 2.45) is 0 Å². The second-order valence-electron chi connectivity index (χ2n) is 5.73. The van der Waals surface area contributed by atoms with Crippen LogP contribution < -0.4 is 5.32 Å². The molecular weight excluding hydrogens is 475 g/mol. The van der Waals surface area contributed by atoms with Gasteiger partial charge in [-0.05, 0) is 52.5 Å². The van der Waals surface area contributed by atoms with Gasteiger partial charge in [0.1, 0.15) is 0 Å². The topological polar surface area (TPSA) is 42.0 Å². The lowest BCUT2D eigenvalue weighted by Gasteiger charge is -2.03. The number of carbonyl (C=O) groups is 1. The Morgan fingerprint density at radius 3 is 2.65 bits per heavy atom. The van der Waals surface area contributed by atoms with E-state index in [4.69, 9.17) is 0 Å². The zero-order valence-electron chi connectivity index (χ0n) is 14.2. The highest BCUT2D eigenvalue weighted by atomic mass is 127. The number of nitrogens with zero attached hydrogens (tertiary/aromatic N) is 1. The highest BCUT2D eigenvalue weighted by Crippen LogP contribution is 2.25. The van der Waals surface area contributed by atoms with Gasteiger partial charge in [-0.25, -0.2) is 4.98 Å². The summed E-state index contributed by atoms with van der Waals surface area (Å²) in [5.74, 6) is 2.01. The molecule has 0 aliphatic heterocycles. The highest BCUT2D eigenvalue weighted by molar-refractivity contribution is 14.1. The van der Waals surface area contributed by atoms with E-state index < -0.39 is 0 Å². The van der Waals surface area contributed by atoms with E-state index in [1.165, 1.54) is 20.5 Å². The van der Waals surface area contributed by atoms with Gasteiger partial charge in [-0.3, -0.25) is 4.79 Å². The monoisotopic (exact) mass is 494 g/mol. The van der Waals surface area contributed by atoms with E-state index >= 15 is 0 Å². The van der Waals surface area contributed by atoms with E-state index in [0.717, 1.165) is 29.2 Å². The van der Waals surface area contributed by atoms with Crippen molar-refractivity contribution in [2.45, 2.75) is 18.6 Å². The van der Waals surface area contributed by atoms with Gasteiger partial charge in [-0.2, -0.15) is 11.8 Å². The number of thioether (sulfide) groups is 1. The smallest absolute Gasteiger partial charge is 0.226 e. The molecule has 26 heavy (non-hydrogen) atoms. The van der Waals surface area contributed by atoms with Gasteiger partial charge < -0.3 is 5.32 Å². The molecule has 0 fully saturated rings. The normalized spacial score (nSPS) is 10.7. The Bertz CT molecular complexity index is 835. The zero-order valence-corrected chi connectivity index (χ0v) is 17.9. The fraction of sp³-hybridized carbons (Fsp3) is 0.200. The Morgan fingerprint density at radius 2 is 1.88 bits per heavy atom. The van der Waals surface area contributed by atoms with E-state index in [0.29, 0.717) is 11.6 Å². The highest BCUT2D eigenvalue weighted by Gasteiger charge is 2.08. The minimum atomic E-state index is 0.0359. The van der Waals surface area contributed by atoms with Gasteiger partial charge in [0.25, 0.3) is 0 Å². The lowest BCUT2D eigenvalue weighted by atomic mass is 10.2. The van der Waals surface area contributed by atoms with Crippen molar-refractivity contribution < 1.29 is 4.79 Å². The second kappa shape index (κ2) is 10.1. The molecule has 3 rings (SSSR count). The minimum absolute atomic E-state index is 0.0359. The fourth-order valence-electron chi connectivity index (χ4n) is 2.37. The predicted octanol–water partition coefficient (Wildman–Crippen LogP) is 6.07. The first kappa shape index (κ1) is 19.4. The molecule has 0 spiro atoms. The van der Waals surface area contributed by atoms with E-state index in [9.17, 15) is 4.79 Å². The zero-order chi connectivity index (χ0) is 18.2. The molecule has 1 heterocycles. The first-order valence-corrected chi connectivity index (χ1v) is 11.4. The maximum Gasteiger partial charge on any atom is 0.226 e. The van der Waals surface area contributed by atoms with Crippen LogP contribution in [0.15, 0.2) is 60.0 Å². The third kappa shape index (κ3) is 6.10. The minimum Gasteiger partial charge on any atom is -0.302 e. The molecule has 3 nitrogen and oxygen atoms in total. The van der Waals surface area contributed by atoms with Gasteiger partial charge >= 0.3 is 0 Å². The Hall–Kier alpha value is -1.38. The van der Waals surface area contributed by atoms with Crippen LogP contribution in [0, 0.1) is 3.57 Å². The molecule has 0 unspecified atom stereocenters. The number of hydrogen-bond donors (Lipinski definition) is 1. The van der Waals surface area contributed by atoms with Crippen molar-refractivity contribution in [3.63, 3.8) is 0 Å². The number of thiazole rings is 1. The SMILES string of the molecule is O=C(CCCSCc1ccccc1)Nc1nc(-c2ccc(I)cc2)cs1. The first-order valence-electron chi connectivity index (χ1n) is 8.34. The molecule has 6 heteroatoms. The summed E-state index contributed by atoms with van der Waals surface area (Å²) < 4.78 is 1.19. The standard InChI is InChI=1S/C20H19IN2OS2/c21-17-10-8-16(9-11-17)18-14-26-20(22-18)23-19(24)7-4-12-25-13-15-5-2-1-3-6-15/h1-3,5-6,8-11,14H,4,7,12-13H2,(H,22,23,24). The summed E-state index contributed by atoms with van der Waals surface area (Å²) in [4.78, 5) is 16.6. The summed E-state index contributed by atoms with van der Waals surface area (Å²) in [5.41, 5.74) is 3.30. The van der Waals surface area contributed by atoms with Gasteiger partial charge in [0.15, 0.2) is 5.13 Å². The summed E-state index contributed by atoms with van der Waals surface area (Å²) >= 11 is 5.61. The van der Waals surface area contributed by atoms with E-state index in [1.54, 1.807) is 0 Å². The molecule has 0 bridgehead atoms. The van der Waals surface area contributed by atoms with Gasteiger partial charge in [0.2, 0.25) is 5.91 Å². The maximum atomic E-state index is 12.1. The second-order valence-corrected chi connectivity index (χ2v) is 8.94. The van der Waals surface area contributed by atoms with Crippen molar-refractivity contribution in [1.82, 2.24) is 4.98 Å². The van der Waals surface area contributed by atoms with Crippen molar-refractivity contribution in [2.75, 3.05) is 11.1 Å². The quantitative estimate of drug-likeness (QED) is 0.306. The number of nitrogens with one attached hydrogen (secondary N) is 1. The van der Waals surface area contributed by atoms with Crippen molar-refractivity contribution in [3.8, 4) is 11.3 Å². The number of amides is 1. The molecule has 0 aliphatic carbocycles. The summed E-state index contributed by atoms with van der Waals surface area (Å²) in [7, 11) is 0. The molecule has 1 aromatic heterocycles. The van der Waals surface area contributed by atoms with Crippen LogP contribution in [0.5, 0.6) is 0 Å². The van der Waals surface area contributed by atoms with Crippen molar-refractivity contribution in [1.29, 1.82) is 0 Å². The third-order valence-corrected chi connectivity index (χ3v) is 6.29. The number of aromatic nitrogens is 1. The maximum absolute atomic E-state index is 12.1. The largest absolute Gasteiger partial charge is 0.302 e. The molecule has 0 radical (unpaired) electrons. The van der Waals surface area contributed by atoms with Gasteiger partial charge in [0.05, 0.1) is 5.69 Å².